The van der Waals surface area contributed by atoms with Crippen molar-refractivity contribution in [1.82, 2.24) is 14.7 Å². The van der Waals surface area contributed by atoms with Crippen LogP contribution in [0.1, 0.15) is 32.1 Å². The number of morpholine rings is 1. The van der Waals surface area contributed by atoms with Crippen molar-refractivity contribution in [3.05, 3.63) is 0 Å². The Kier molecular flexibility index (Phi) is 5.91. The van der Waals surface area contributed by atoms with Crippen LogP contribution in [0.4, 0.5) is 0 Å². The van der Waals surface area contributed by atoms with Crippen LogP contribution in [0.3, 0.4) is 0 Å². The van der Waals surface area contributed by atoms with Crippen molar-refractivity contribution in [3.63, 3.8) is 0 Å². The summed E-state index contributed by atoms with van der Waals surface area (Å²) in [5.74, 6) is 0.185. The number of ether oxygens (including phenoxy) is 1. The average molecular weight is 325 g/mol. The van der Waals surface area contributed by atoms with E-state index in [2.05, 4.69) is 9.80 Å². The van der Waals surface area contributed by atoms with Crippen molar-refractivity contribution in [2.45, 2.75) is 37.7 Å². The Morgan fingerprint density at radius 2 is 1.65 bits per heavy atom. The summed E-state index contributed by atoms with van der Waals surface area (Å²) >= 11 is 0. The van der Waals surface area contributed by atoms with Crippen molar-refractivity contribution >= 4 is 5.91 Å². The highest BCUT2D eigenvalue weighted by atomic mass is 16.5. The third kappa shape index (κ3) is 4.89. The maximum absolute atomic E-state index is 12.5. The molecule has 0 radical (unpaired) electrons. The standard InChI is InChI=1S/C17H31N3O3/c21-16(13-18-6-3-1-2-4-7-18)20-8-5-17(22,15-20)14-19-9-11-23-12-10-19/h22H,1-15H2/t17-/m0/s1. The zero-order chi connectivity index (χ0) is 16.1. The molecule has 3 saturated heterocycles. The van der Waals surface area contributed by atoms with E-state index < -0.39 is 5.60 Å². The molecule has 6 nitrogen and oxygen atoms in total. The molecular weight excluding hydrogens is 294 g/mol. The fraction of sp³-hybridized carbons (Fsp3) is 0.941. The zero-order valence-electron chi connectivity index (χ0n) is 14.2. The summed E-state index contributed by atoms with van der Waals surface area (Å²) in [6.07, 6.45) is 5.67. The summed E-state index contributed by atoms with van der Waals surface area (Å²) in [6.45, 7) is 7.67. The molecule has 3 rings (SSSR count). The number of aliphatic hydroxyl groups is 1. The molecule has 0 unspecified atom stereocenters. The van der Waals surface area contributed by atoms with E-state index in [4.69, 9.17) is 4.74 Å². The molecule has 132 valence electrons. The third-order valence-corrected chi connectivity index (χ3v) is 5.36. The Labute approximate surface area is 139 Å². The smallest absolute Gasteiger partial charge is 0.236 e. The highest BCUT2D eigenvalue weighted by Crippen LogP contribution is 2.23. The molecule has 0 aromatic carbocycles. The second kappa shape index (κ2) is 7.92. The van der Waals surface area contributed by atoms with E-state index in [0.29, 0.717) is 32.6 Å². The first-order valence-corrected chi connectivity index (χ1v) is 9.17. The maximum Gasteiger partial charge on any atom is 0.236 e. The highest BCUT2D eigenvalue weighted by molar-refractivity contribution is 5.78. The fourth-order valence-electron chi connectivity index (χ4n) is 3.96. The molecule has 1 atom stereocenters. The largest absolute Gasteiger partial charge is 0.387 e. The fourth-order valence-corrected chi connectivity index (χ4v) is 3.96. The molecule has 3 fully saturated rings. The normalized spacial score (nSPS) is 31.3. The number of β-amino-alcohol motifs (C(OH)–C–C–N with tert-alkyl or cyclic N) is 1. The average Bonchev–Trinajstić information content (AvgIpc) is 2.76. The molecule has 23 heavy (non-hydrogen) atoms. The van der Waals surface area contributed by atoms with Crippen LogP contribution in [0.15, 0.2) is 0 Å². The summed E-state index contributed by atoms with van der Waals surface area (Å²) in [4.78, 5) is 19.0. The minimum Gasteiger partial charge on any atom is -0.387 e. The maximum atomic E-state index is 12.5. The summed E-state index contributed by atoms with van der Waals surface area (Å²) in [7, 11) is 0. The van der Waals surface area contributed by atoms with Crippen LogP contribution in [-0.2, 0) is 9.53 Å². The van der Waals surface area contributed by atoms with Gasteiger partial charge in [0.15, 0.2) is 0 Å². The highest BCUT2D eigenvalue weighted by Gasteiger charge is 2.39. The summed E-state index contributed by atoms with van der Waals surface area (Å²) in [5.41, 5.74) is -0.744. The lowest BCUT2D eigenvalue weighted by Crippen LogP contribution is -2.49. The van der Waals surface area contributed by atoms with Gasteiger partial charge in [0, 0.05) is 26.2 Å². The number of nitrogens with zero attached hydrogens (tertiary/aromatic N) is 3. The molecular formula is C17H31N3O3. The van der Waals surface area contributed by atoms with Crippen molar-refractivity contribution in [3.8, 4) is 0 Å². The van der Waals surface area contributed by atoms with Gasteiger partial charge in [0.25, 0.3) is 0 Å². The molecule has 0 aromatic heterocycles. The van der Waals surface area contributed by atoms with Crippen LogP contribution in [0.2, 0.25) is 0 Å². The number of likely N-dealkylation sites (tertiary alicyclic amines) is 2. The summed E-state index contributed by atoms with van der Waals surface area (Å²) in [5, 5.41) is 10.8. The van der Waals surface area contributed by atoms with E-state index in [-0.39, 0.29) is 5.91 Å². The van der Waals surface area contributed by atoms with Crippen molar-refractivity contribution in [1.29, 1.82) is 0 Å². The van der Waals surface area contributed by atoms with Crippen LogP contribution in [0, 0.1) is 0 Å². The van der Waals surface area contributed by atoms with Gasteiger partial charge in [-0.05, 0) is 32.4 Å². The van der Waals surface area contributed by atoms with Gasteiger partial charge in [0.05, 0.1) is 31.9 Å². The van der Waals surface area contributed by atoms with Gasteiger partial charge in [-0.25, -0.2) is 0 Å². The minimum atomic E-state index is -0.744. The molecule has 0 saturated carbocycles. The Morgan fingerprint density at radius 3 is 2.35 bits per heavy atom. The van der Waals surface area contributed by atoms with E-state index in [1.807, 2.05) is 4.90 Å². The summed E-state index contributed by atoms with van der Waals surface area (Å²) in [6, 6.07) is 0. The topological polar surface area (TPSA) is 56.2 Å². The van der Waals surface area contributed by atoms with Gasteiger partial charge in [-0.3, -0.25) is 14.6 Å². The van der Waals surface area contributed by atoms with E-state index in [0.717, 1.165) is 39.4 Å². The zero-order valence-corrected chi connectivity index (χ0v) is 14.2. The molecule has 3 aliphatic heterocycles. The first-order valence-electron chi connectivity index (χ1n) is 9.17. The molecule has 1 amide bonds. The second-order valence-electron chi connectivity index (χ2n) is 7.37. The number of carbonyl (C=O) groups excluding carboxylic acids is 1. The molecule has 3 heterocycles. The van der Waals surface area contributed by atoms with Gasteiger partial charge in [0.1, 0.15) is 0 Å². The Hall–Kier alpha value is -0.690. The predicted octanol–water partition coefficient (Wildman–Crippen LogP) is 0.158. The third-order valence-electron chi connectivity index (χ3n) is 5.36. The van der Waals surface area contributed by atoms with Gasteiger partial charge in [-0.1, -0.05) is 12.8 Å². The molecule has 6 heteroatoms. The van der Waals surface area contributed by atoms with Crippen LogP contribution in [-0.4, -0.2) is 96.9 Å². The van der Waals surface area contributed by atoms with Gasteiger partial charge in [-0.15, -0.1) is 0 Å². The van der Waals surface area contributed by atoms with Gasteiger partial charge in [0.2, 0.25) is 5.91 Å². The Balaban J connectivity index is 1.46. The second-order valence-corrected chi connectivity index (χ2v) is 7.37. The number of hydrogen-bond acceptors (Lipinski definition) is 5. The van der Waals surface area contributed by atoms with E-state index in [1.165, 1.54) is 25.7 Å². The Morgan fingerprint density at radius 1 is 0.957 bits per heavy atom. The minimum absolute atomic E-state index is 0.185. The van der Waals surface area contributed by atoms with Crippen LogP contribution in [0.5, 0.6) is 0 Å². The molecule has 3 aliphatic rings. The quantitative estimate of drug-likeness (QED) is 0.798. The summed E-state index contributed by atoms with van der Waals surface area (Å²) < 4.78 is 5.36. The van der Waals surface area contributed by atoms with E-state index in [9.17, 15) is 9.90 Å². The van der Waals surface area contributed by atoms with Crippen LogP contribution >= 0.6 is 0 Å². The monoisotopic (exact) mass is 325 g/mol. The lowest BCUT2D eigenvalue weighted by Gasteiger charge is -2.33. The van der Waals surface area contributed by atoms with Crippen LogP contribution in [0.25, 0.3) is 0 Å². The van der Waals surface area contributed by atoms with Crippen molar-refractivity contribution in [2.75, 3.05) is 65.6 Å². The predicted molar refractivity (Wildman–Crippen MR) is 88.3 cm³/mol. The molecule has 0 bridgehead atoms. The number of hydrogen-bond donors (Lipinski definition) is 1. The van der Waals surface area contributed by atoms with Gasteiger partial charge in [-0.2, -0.15) is 0 Å². The van der Waals surface area contributed by atoms with E-state index in [1.54, 1.807) is 0 Å². The Bertz CT molecular complexity index is 393. The van der Waals surface area contributed by atoms with Gasteiger partial charge < -0.3 is 14.7 Å². The number of rotatable bonds is 4. The van der Waals surface area contributed by atoms with E-state index >= 15 is 0 Å². The number of carbonyl (C=O) groups is 1. The number of amides is 1. The first-order chi connectivity index (χ1) is 11.1. The van der Waals surface area contributed by atoms with Crippen molar-refractivity contribution in [2.24, 2.45) is 0 Å². The molecule has 0 aliphatic carbocycles. The lowest BCUT2D eigenvalue weighted by molar-refractivity contribution is -0.132. The van der Waals surface area contributed by atoms with Crippen molar-refractivity contribution < 1.29 is 14.6 Å². The molecule has 0 spiro atoms. The SMILES string of the molecule is O=C(CN1CCCCCC1)N1CC[C@](O)(CN2CCOCC2)C1. The molecule has 0 aromatic rings. The molecule has 1 N–H and O–H groups in total. The lowest BCUT2D eigenvalue weighted by atomic mass is 10.0. The first kappa shape index (κ1) is 17.1. The van der Waals surface area contributed by atoms with Crippen LogP contribution < -0.4 is 0 Å². The van der Waals surface area contributed by atoms with Gasteiger partial charge >= 0.3 is 0 Å².